The molecule has 0 radical (unpaired) electrons. The minimum atomic E-state index is -1.93. The Bertz CT molecular complexity index is 701. The number of aliphatic hydroxyl groups is 1. The molecular weight excluding hydrogens is 388 g/mol. The highest BCUT2D eigenvalue weighted by atomic mass is 28.3. The molecule has 4 heteroatoms. The van der Waals surface area contributed by atoms with Gasteiger partial charge in [0.2, 0.25) is 0 Å². The Hall–Kier alpha value is -1.68. The molecule has 0 unspecified atom stereocenters. The molecule has 2 rings (SSSR count). The van der Waals surface area contributed by atoms with Crippen molar-refractivity contribution in [1.82, 2.24) is 0 Å². The molecule has 1 fully saturated rings. The van der Waals surface area contributed by atoms with Gasteiger partial charge < -0.3 is 5.11 Å². The first kappa shape index (κ1) is 24.6. The first-order chi connectivity index (χ1) is 14.4. The van der Waals surface area contributed by atoms with Crippen LogP contribution in [0.2, 0.25) is 18.6 Å². The summed E-state index contributed by atoms with van der Waals surface area (Å²) in [6, 6.07) is 10.3. The molecule has 0 aliphatic heterocycles. The van der Waals surface area contributed by atoms with E-state index in [1.807, 2.05) is 18.2 Å². The van der Waals surface area contributed by atoms with E-state index in [1.165, 1.54) is 43.7 Å². The zero-order valence-electron chi connectivity index (χ0n) is 19.2. The minimum absolute atomic E-state index is 0.0329. The largest absolute Gasteiger partial charge is 0.511 e. The van der Waals surface area contributed by atoms with Crippen molar-refractivity contribution >= 4 is 24.8 Å². The van der Waals surface area contributed by atoms with Gasteiger partial charge in [0.05, 0.1) is 13.6 Å². The van der Waals surface area contributed by atoms with Crippen LogP contribution in [0.1, 0.15) is 84.0 Å². The topological polar surface area (TPSA) is 54.4 Å². The van der Waals surface area contributed by atoms with Gasteiger partial charge >= 0.3 is 0 Å². The molecule has 1 aromatic carbocycles. The predicted molar refractivity (Wildman–Crippen MR) is 128 cm³/mol. The summed E-state index contributed by atoms with van der Waals surface area (Å²) in [5.74, 6) is -0.270. The van der Waals surface area contributed by atoms with Gasteiger partial charge in [-0.1, -0.05) is 107 Å². The summed E-state index contributed by atoms with van der Waals surface area (Å²) in [5.41, 5.74) is 0.202. The highest BCUT2D eigenvalue weighted by molar-refractivity contribution is 6.91. The maximum absolute atomic E-state index is 12.8. The number of carbonyl (C=O) groups is 2. The van der Waals surface area contributed by atoms with Gasteiger partial charge in [0.25, 0.3) is 0 Å². The van der Waals surface area contributed by atoms with Gasteiger partial charge in [-0.3, -0.25) is 9.59 Å². The SMILES string of the molecule is CCCCCCCCCCCC(O)=C1C(=O)CC([Si](C)(C)c2ccccc2)CC1=O. The standard InChI is InChI=1S/C26H40O3Si/c1-4-5-6-7-8-9-10-11-15-18-23(27)26-24(28)19-22(20-25(26)29)30(2,3)21-16-13-12-14-17-21/h12-14,16-17,22,27H,4-11,15,18-20H2,1-3H3. The molecule has 0 bridgehead atoms. The molecule has 3 nitrogen and oxygen atoms in total. The molecule has 0 saturated heterocycles. The van der Waals surface area contributed by atoms with Gasteiger partial charge in [-0.2, -0.15) is 0 Å². The molecule has 30 heavy (non-hydrogen) atoms. The van der Waals surface area contributed by atoms with Crippen LogP contribution >= 0.6 is 0 Å². The molecule has 0 spiro atoms. The zero-order chi connectivity index (χ0) is 22.0. The van der Waals surface area contributed by atoms with Crippen molar-refractivity contribution in [3.05, 3.63) is 41.7 Å². The fourth-order valence-electron chi connectivity index (χ4n) is 4.54. The maximum atomic E-state index is 12.8. The molecular formula is C26H40O3Si. The molecule has 0 heterocycles. The Balaban J connectivity index is 1.84. The lowest BCUT2D eigenvalue weighted by Gasteiger charge is -2.35. The number of aliphatic hydroxyl groups excluding tert-OH is 1. The Morgan fingerprint density at radius 2 is 1.37 bits per heavy atom. The number of hydrogen-bond acceptors (Lipinski definition) is 3. The van der Waals surface area contributed by atoms with Gasteiger partial charge in [0.1, 0.15) is 5.76 Å². The molecule has 1 saturated carbocycles. The van der Waals surface area contributed by atoms with E-state index in [-0.39, 0.29) is 28.4 Å². The highest BCUT2D eigenvalue weighted by Gasteiger charge is 2.42. The second-order valence-electron chi connectivity index (χ2n) is 9.44. The molecule has 1 aromatic rings. The quantitative estimate of drug-likeness (QED) is 0.133. The molecule has 0 amide bonds. The van der Waals surface area contributed by atoms with Gasteiger partial charge in [0.15, 0.2) is 11.6 Å². The monoisotopic (exact) mass is 428 g/mol. The second-order valence-corrected chi connectivity index (χ2v) is 14.3. The van der Waals surface area contributed by atoms with Crippen LogP contribution in [-0.2, 0) is 9.59 Å². The number of hydrogen-bond donors (Lipinski definition) is 1. The Morgan fingerprint density at radius 3 is 1.90 bits per heavy atom. The number of carbonyl (C=O) groups excluding carboxylic acids is 2. The third kappa shape index (κ3) is 6.94. The van der Waals surface area contributed by atoms with Gasteiger partial charge in [0, 0.05) is 19.3 Å². The summed E-state index contributed by atoms with van der Waals surface area (Å²) in [5, 5.41) is 11.7. The average Bonchev–Trinajstić information content (AvgIpc) is 2.72. The summed E-state index contributed by atoms with van der Waals surface area (Å²) in [7, 11) is -1.93. The van der Waals surface area contributed by atoms with Crippen molar-refractivity contribution < 1.29 is 14.7 Å². The lowest BCUT2D eigenvalue weighted by molar-refractivity contribution is -0.124. The summed E-state index contributed by atoms with van der Waals surface area (Å²) in [6.45, 7) is 6.71. The lowest BCUT2D eigenvalue weighted by Crippen LogP contribution is -2.49. The van der Waals surface area contributed by atoms with Gasteiger partial charge in [-0.25, -0.2) is 0 Å². The first-order valence-electron chi connectivity index (χ1n) is 11.9. The van der Waals surface area contributed by atoms with Crippen molar-refractivity contribution in [3.63, 3.8) is 0 Å². The van der Waals surface area contributed by atoms with Crippen molar-refractivity contribution in [2.45, 2.75) is 103 Å². The number of ketones is 2. The molecule has 166 valence electrons. The van der Waals surface area contributed by atoms with Crippen LogP contribution in [-0.4, -0.2) is 24.7 Å². The molecule has 1 N–H and O–H groups in total. The zero-order valence-corrected chi connectivity index (χ0v) is 20.2. The van der Waals surface area contributed by atoms with Crippen molar-refractivity contribution in [3.8, 4) is 0 Å². The summed E-state index contributed by atoms with van der Waals surface area (Å²) in [4.78, 5) is 25.6. The van der Waals surface area contributed by atoms with Gasteiger partial charge in [-0.05, 0) is 12.0 Å². The molecule has 1 aliphatic rings. The lowest BCUT2D eigenvalue weighted by atomic mass is 9.89. The van der Waals surface area contributed by atoms with Crippen LogP contribution in [0.15, 0.2) is 41.7 Å². The van der Waals surface area contributed by atoms with E-state index in [4.69, 9.17) is 0 Å². The highest BCUT2D eigenvalue weighted by Crippen LogP contribution is 2.36. The smallest absolute Gasteiger partial charge is 0.169 e. The first-order valence-corrected chi connectivity index (χ1v) is 15.0. The molecule has 1 aliphatic carbocycles. The van der Waals surface area contributed by atoms with Crippen LogP contribution in [0.5, 0.6) is 0 Å². The fraction of sp³-hybridized carbons (Fsp3) is 0.615. The second kappa shape index (κ2) is 12.2. The van der Waals surface area contributed by atoms with Crippen LogP contribution in [0.3, 0.4) is 0 Å². The average molecular weight is 429 g/mol. The maximum Gasteiger partial charge on any atom is 0.169 e. The number of Topliss-reactive ketones (excluding diaryl/α,β-unsaturated/α-hetero) is 2. The third-order valence-electron chi connectivity index (χ3n) is 6.77. The number of benzene rings is 1. The third-order valence-corrected chi connectivity index (χ3v) is 11.0. The van der Waals surface area contributed by atoms with E-state index in [0.717, 1.165) is 19.3 Å². The van der Waals surface area contributed by atoms with E-state index >= 15 is 0 Å². The van der Waals surface area contributed by atoms with E-state index in [9.17, 15) is 14.7 Å². The Morgan fingerprint density at radius 1 is 0.867 bits per heavy atom. The number of unbranched alkanes of at least 4 members (excludes halogenated alkanes) is 8. The predicted octanol–water partition coefficient (Wildman–Crippen LogP) is 6.64. The number of allylic oxidation sites excluding steroid dienone is 2. The Kier molecular flexibility index (Phi) is 10.0. The number of rotatable bonds is 12. The van der Waals surface area contributed by atoms with E-state index in [0.29, 0.717) is 19.3 Å². The van der Waals surface area contributed by atoms with E-state index < -0.39 is 8.07 Å². The van der Waals surface area contributed by atoms with Crippen LogP contribution in [0, 0.1) is 0 Å². The summed E-state index contributed by atoms with van der Waals surface area (Å²) >= 11 is 0. The van der Waals surface area contributed by atoms with E-state index in [2.05, 4.69) is 32.2 Å². The van der Waals surface area contributed by atoms with Crippen LogP contribution in [0.4, 0.5) is 0 Å². The van der Waals surface area contributed by atoms with Crippen molar-refractivity contribution in [1.29, 1.82) is 0 Å². The molecule has 0 aromatic heterocycles. The van der Waals surface area contributed by atoms with Crippen molar-refractivity contribution in [2.24, 2.45) is 0 Å². The summed E-state index contributed by atoms with van der Waals surface area (Å²) < 4.78 is 0. The van der Waals surface area contributed by atoms with Crippen LogP contribution < -0.4 is 5.19 Å². The minimum Gasteiger partial charge on any atom is -0.511 e. The van der Waals surface area contributed by atoms with Gasteiger partial charge in [-0.15, -0.1) is 0 Å². The fourth-order valence-corrected chi connectivity index (χ4v) is 7.46. The normalized spacial score (nSPS) is 17.4. The van der Waals surface area contributed by atoms with E-state index in [1.54, 1.807) is 0 Å². The van der Waals surface area contributed by atoms with Crippen molar-refractivity contribution in [2.75, 3.05) is 0 Å². The molecule has 0 atom stereocenters. The Labute approximate surface area is 184 Å². The van der Waals surface area contributed by atoms with Crippen LogP contribution in [0.25, 0.3) is 0 Å². The summed E-state index contributed by atoms with van der Waals surface area (Å²) in [6.07, 6.45) is 12.0.